The van der Waals surface area contributed by atoms with Gasteiger partial charge in [0.25, 0.3) is 5.91 Å². The molecule has 4 rings (SSSR count). The molecule has 1 aliphatic heterocycles. The monoisotopic (exact) mass is 433 g/mol. The number of hydrogen-bond acceptors (Lipinski definition) is 3. The van der Waals surface area contributed by atoms with Crippen LogP contribution >= 0.6 is 23.2 Å². The molecular weight excluding hydrogens is 416 g/mol. The first-order chi connectivity index (χ1) is 13.9. The largest absolute Gasteiger partial charge is 0.370 e. The second-order valence-corrected chi connectivity index (χ2v) is 7.60. The zero-order chi connectivity index (χ0) is 20.5. The Hall–Kier alpha value is -2.41. The SMILES string of the molecule is Cc1nn(-c2ccc(F)cc2)c(Cl)c1C(=O)N1CCOC(c2ccc(Cl)cc2)C1. The maximum Gasteiger partial charge on any atom is 0.259 e. The quantitative estimate of drug-likeness (QED) is 0.593. The first kappa shape index (κ1) is 19.9. The predicted molar refractivity (Wildman–Crippen MR) is 109 cm³/mol. The highest BCUT2D eigenvalue weighted by atomic mass is 35.5. The number of nitrogens with zero attached hydrogens (tertiary/aromatic N) is 3. The predicted octanol–water partition coefficient (Wildman–Crippen LogP) is 4.84. The van der Waals surface area contributed by atoms with Crippen LogP contribution in [0.2, 0.25) is 10.2 Å². The van der Waals surface area contributed by atoms with E-state index in [-0.39, 0.29) is 23.0 Å². The van der Waals surface area contributed by atoms with Gasteiger partial charge in [-0.05, 0) is 48.9 Å². The Labute approximate surface area is 177 Å². The Kier molecular flexibility index (Phi) is 5.58. The molecule has 0 bridgehead atoms. The smallest absolute Gasteiger partial charge is 0.259 e. The second-order valence-electron chi connectivity index (χ2n) is 6.80. The molecule has 1 saturated heterocycles. The van der Waals surface area contributed by atoms with E-state index in [0.717, 1.165) is 5.56 Å². The minimum absolute atomic E-state index is 0.202. The molecule has 2 aromatic carbocycles. The van der Waals surface area contributed by atoms with Crippen molar-refractivity contribution in [3.05, 3.63) is 81.3 Å². The van der Waals surface area contributed by atoms with Crippen LogP contribution in [0.5, 0.6) is 0 Å². The highest BCUT2D eigenvalue weighted by Gasteiger charge is 2.30. The van der Waals surface area contributed by atoms with Crippen LogP contribution in [0.15, 0.2) is 48.5 Å². The topological polar surface area (TPSA) is 47.4 Å². The van der Waals surface area contributed by atoms with Crippen molar-refractivity contribution >= 4 is 29.1 Å². The summed E-state index contributed by atoms with van der Waals surface area (Å²) < 4.78 is 20.5. The fourth-order valence-electron chi connectivity index (χ4n) is 3.37. The van der Waals surface area contributed by atoms with Gasteiger partial charge in [0.2, 0.25) is 0 Å². The minimum atomic E-state index is -0.355. The summed E-state index contributed by atoms with van der Waals surface area (Å²) in [5, 5.41) is 5.23. The maximum absolute atomic E-state index is 13.2. The summed E-state index contributed by atoms with van der Waals surface area (Å²) in [6.45, 7) is 3.01. The molecule has 1 aromatic heterocycles. The van der Waals surface area contributed by atoms with Crippen molar-refractivity contribution in [1.82, 2.24) is 14.7 Å². The van der Waals surface area contributed by atoms with Crippen molar-refractivity contribution in [3.8, 4) is 5.69 Å². The third kappa shape index (κ3) is 4.01. The van der Waals surface area contributed by atoms with Crippen LogP contribution in [0, 0.1) is 12.7 Å². The van der Waals surface area contributed by atoms with E-state index in [2.05, 4.69) is 5.10 Å². The number of benzene rings is 2. The summed E-state index contributed by atoms with van der Waals surface area (Å²) in [7, 11) is 0. The number of aromatic nitrogens is 2. The van der Waals surface area contributed by atoms with E-state index in [9.17, 15) is 9.18 Å². The average molecular weight is 434 g/mol. The van der Waals surface area contributed by atoms with E-state index in [1.165, 1.54) is 16.8 Å². The van der Waals surface area contributed by atoms with Crippen LogP contribution in [0.3, 0.4) is 0 Å². The van der Waals surface area contributed by atoms with Crippen molar-refractivity contribution in [2.24, 2.45) is 0 Å². The number of morpholine rings is 1. The average Bonchev–Trinajstić information content (AvgIpc) is 3.03. The highest BCUT2D eigenvalue weighted by molar-refractivity contribution is 6.33. The summed E-state index contributed by atoms with van der Waals surface area (Å²) in [4.78, 5) is 14.9. The van der Waals surface area contributed by atoms with Gasteiger partial charge < -0.3 is 9.64 Å². The Morgan fingerprint density at radius 1 is 1.14 bits per heavy atom. The summed E-state index contributed by atoms with van der Waals surface area (Å²) in [5.74, 6) is -0.560. The number of ether oxygens (including phenoxy) is 1. The van der Waals surface area contributed by atoms with E-state index >= 15 is 0 Å². The van der Waals surface area contributed by atoms with Crippen molar-refractivity contribution in [2.75, 3.05) is 19.7 Å². The molecule has 0 aliphatic carbocycles. The summed E-state index contributed by atoms with van der Waals surface area (Å²) in [5.41, 5.74) is 2.39. The molecule has 0 saturated carbocycles. The number of hydrogen-bond donors (Lipinski definition) is 0. The van der Waals surface area contributed by atoms with Gasteiger partial charge in [0.15, 0.2) is 0 Å². The normalized spacial score (nSPS) is 16.8. The van der Waals surface area contributed by atoms with Gasteiger partial charge in [-0.25, -0.2) is 9.07 Å². The number of aryl methyl sites for hydroxylation is 1. The van der Waals surface area contributed by atoms with Gasteiger partial charge in [0.05, 0.1) is 30.1 Å². The van der Waals surface area contributed by atoms with Gasteiger partial charge in [-0.3, -0.25) is 4.79 Å². The van der Waals surface area contributed by atoms with Crippen LogP contribution in [-0.2, 0) is 4.74 Å². The highest BCUT2D eigenvalue weighted by Crippen LogP contribution is 2.28. The molecule has 1 unspecified atom stereocenters. The molecule has 0 spiro atoms. The van der Waals surface area contributed by atoms with Crippen molar-refractivity contribution < 1.29 is 13.9 Å². The Morgan fingerprint density at radius 2 is 1.83 bits per heavy atom. The third-order valence-electron chi connectivity index (χ3n) is 4.88. The first-order valence-corrected chi connectivity index (χ1v) is 9.87. The van der Waals surface area contributed by atoms with E-state index < -0.39 is 0 Å². The molecule has 0 N–H and O–H groups in total. The lowest BCUT2D eigenvalue weighted by molar-refractivity contribution is -0.0228. The molecule has 150 valence electrons. The number of amides is 1. The first-order valence-electron chi connectivity index (χ1n) is 9.11. The van der Waals surface area contributed by atoms with Crippen molar-refractivity contribution in [1.29, 1.82) is 0 Å². The minimum Gasteiger partial charge on any atom is -0.370 e. The van der Waals surface area contributed by atoms with Gasteiger partial charge in [0.1, 0.15) is 17.1 Å². The number of halogens is 3. The molecule has 5 nitrogen and oxygen atoms in total. The van der Waals surface area contributed by atoms with E-state index in [1.807, 2.05) is 12.1 Å². The lowest BCUT2D eigenvalue weighted by Gasteiger charge is -2.33. The zero-order valence-electron chi connectivity index (χ0n) is 15.6. The van der Waals surface area contributed by atoms with Crippen LogP contribution < -0.4 is 0 Å². The van der Waals surface area contributed by atoms with Gasteiger partial charge in [-0.1, -0.05) is 35.3 Å². The maximum atomic E-state index is 13.2. The molecule has 1 fully saturated rings. The number of carbonyl (C=O) groups excluding carboxylic acids is 1. The lowest BCUT2D eigenvalue weighted by atomic mass is 10.1. The third-order valence-corrected chi connectivity index (χ3v) is 5.49. The van der Waals surface area contributed by atoms with Gasteiger partial charge >= 0.3 is 0 Å². The summed E-state index contributed by atoms with van der Waals surface area (Å²) >= 11 is 12.5. The van der Waals surface area contributed by atoms with E-state index in [1.54, 1.807) is 36.1 Å². The van der Waals surface area contributed by atoms with Gasteiger partial charge in [-0.2, -0.15) is 5.10 Å². The van der Waals surface area contributed by atoms with Gasteiger partial charge in [0, 0.05) is 11.6 Å². The molecule has 0 radical (unpaired) electrons. The standard InChI is InChI=1S/C21H18Cl2FN3O2/c1-13-19(20(23)27(25-13)17-8-6-16(24)7-9-17)21(28)26-10-11-29-18(12-26)14-2-4-15(22)5-3-14/h2-9,18H,10-12H2,1H3. The molecule has 1 aliphatic rings. The molecular formula is C21H18Cl2FN3O2. The van der Waals surface area contributed by atoms with Crippen molar-refractivity contribution in [3.63, 3.8) is 0 Å². The fraction of sp³-hybridized carbons (Fsp3) is 0.238. The molecule has 8 heteroatoms. The Balaban J connectivity index is 1.59. The van der Waals surface area contributed by atoms with Crippen LogP contribution in [0.4, 0.5) is 4.39 Å². The van der Waals surface area contributed by atoms with Crippen LogP contribution in [0.1, 0.15) is 27.7 Å². The van der Waals surface area contributed by atoms with E-state index in [0.29, 0.717) is 41.7 Å². The van der Waals surface area contributed by atoms with Crippen molar-refractivity contribution in [2.45, 2.75) is 13.0 Å². The number of rotatable bonds is 3. The molecule has 1 amide bonds. The molecule has 1 atom stereocenters. The van der Waals surface area contributed by atoms with E-state index in [4.69, 9.17) is 27.9 Å². The Bertz CT molecular complexity index is 1040. The fourth-order valence-corrected chi connectivity index (χ4v) is 3.85. The zero-order valence-corrected chi connectivity index (χ0v) is 17.1. The van der Waals surface area contributed by atoms with Crippen LogP contribution in [-0.4, -0.2) is 40.3 Å². The molecule has 3 aromatic rings. The Morgan fingerprint density at radius 3 is 2.52 bits per heavy atom. The number of carbonyl (C=O) groups is 1. The summed E-state index contributed by atoms with van der Waals surface area (Å²) in [6.07, 6.45) is -0.240. The van der Waals surface area contributed by atoms with Gasteiger partial charge in [-0.15, -0.1) is 0 Å². The van der Waals surface area contributed by atoms with Crippen LogP contribution in [0.25, 0.3) is 5.69 Å². The second kappa shape index (κ2) is 8.14. The molecule has 29 heavy (non-hydrogen) atoms. The summed E-state index contributed by atoms with van der Waals surface area (Å²) in [6, 6.07) is 13.2. The molecule has 2 heterocycles. The lowest BCUT2D eigenvalue weighted by Crippen LogP contribution is -2.42.